The van der Waals surface area contributed by atoms with Crippen LogP contribution < -0.4 is 4.74 Å². The highest BCUT2D eigenvalue weighted by atomic mass is 35.5. The smallest absolute Gasteiger partial charge is 0.387 e. The van der Waals surface area contributed by atoms with E-state index in [1.807, 2.05) is 0 Å². The van der Waals surface area contributed by atoms with E-state index in [2.05, 4.69) is 4.74 Å². The van der Waals surface area contributed by atoms with Crippen LogP contribution in [0.5, 0.6) is 5.75 Å². The maximum Gasteiger partial charge on any atom is 0.387 e. The number of hydrogen-bond donors (Lipinski definition) is 0. The summed E-state index contributed by atoms with van der Waals surface area (Å²) in [6.45, 7) is -0.0926. The van der Waals surface area contributed by atoms with Crippen LogP contribution in [0.4, 0.5) is 8.78 Å². The largest absolute Gasteiger partial charge is 0.432 e. The van der Waals surface area contributed by atoms with Gasteiger partial charge in [0, 0.05) is 0 Å². The number of alkyl halides is 2. The molecule has 0 saturated carbocycles. The van der Waals surface area contributed by atoms with Crippen LogP contribution in [0.25, 0.3) is 0 Å². The minimum absolute atomic E-state index is 0.00565. The van der Waals surface area contributed by atoms with Crippen LogP contribution in [0.1, 0.15) is 22.8 Å². The predicted octanol–water partition coefficient (Wildman–Crippen LogP) is 3.45. The Labute approximate surface area is 90.8 Å². The maximum absolute atomic E-state index is 12.1. The number of rotatable bonds is 3. The summed E-state index contributed by atoms with van der Waals surface area (Å²) in [5.74, 6) is -0.607. The zero-order chi connectivity index (χ0) is 11.6. The van der Waals surface area contributed by atoms with Crippen molar-refractivity contribution in [1.82, 2.24) is 0 Å². The average molecular weight is 235 g/mol. The van der Waals surface area contributed by atoms with Crippen LogP contribution in [0.3, 0.4) is 0 Å². The van der Waals surface area contributed by atoms with E-state index in [4.69, 9.17) is 11.6 Å². The number of benzene rings is 1. The number of ketones is 1. The van der Waals surface area contributed by atoms with Gasteiger partial charge in [0.05, 0.1) is 10.6 Å². The fourth-order valence-corrected chi connectivity index (χ4v) is 1.50. The Morgan fingerprint density at radius 2 is 2.07 bits per heavy atom. The molecule has 0 radical (unpaired) electrons. The number of hydrogen-bond acceptors (Lipinski definition) is 2. The lowest BCUT2D eigenvalue weighted by Crippen LogP contribution is -2.08. The molecule has 0 aliphatic carbocycles. The van der Waals surface area contributed by atoms with Crippen molar-refractivity contribution in [2.24, 2.45) is 0 Å². The van der Waals surface area contributed by atoms with E-state index in [-0.39, 0.29) is 22.1 Å². The summed E-state index contributed by atoms with van der Waals surface area (Å²) >= 11 is 5.68. The molecule has 1 aromatic carbocycles. The summed E-state index contributed by atoms with van der Waals surface area (Å²) in [7, 11) is 0. The molecule has 0 amide bonds. The Balaban J connectivity index is 3.31. The summed E-state index contributed by atoms with van der Waals surface area (Å²) in [5, 5.41) is 0.00565. The lowest BCUT2D eigenvalue weighted by atomic mass is 10.0. The number of aryl methyl sites for hydroxylation is 1. The topological polar surface area (TPSA) is 26.3 Å². The lowest BCUT2D eigenvalue weighted by molar-refractivity contribution is -0.0500. The van der Waals surface area contributed by atoms with E-state index in [0.29, 0.717) is 5.56 Å². The van der Waals surface area contributed by atoms with Crippen LogP contribution in [-0.2, 0) is 0 Å². The molecular weight excluding hydrogens is 226 g/mol. The highest BCUT2D eigenvalue weighted by molar-refractivity contribution is 6.32. The Morgan fingerprint density at radius 3 is 2.53 bits per heavy atom. The number of ether oxygens (including phenoxy) is 1. The highest BCUT2D eigenvalue weighted by Gasteiger charge is 2.18. The average Bonchev–Trinajstić information content (AvgIpc) is 2.10. The Morgan fingerprint density at radius 1 is 1.47 bits per heavy atom. The Bertz CT molecular complexity index is 391. The van der Waals surface area contributed by atoms with E-state index in [0.717, 1.165) is 0 Å². The molecule has 0 aliphatic heterocycles. The van der Waals surface area contributed by atoms with E-state index in [1.165, 1.54) is 13.0 Å². The van der Waals surface area contributed by atoms with Crippen molar-refractivity contribution in [3.8, 4) is 5.75 Å². The normalized spacial score (nSPS) is 10.5. The summed E-state index contributed by atoms with van der Waals surface area (Å²) < 4.78 is 28.4. The van der Waals surface area contributed by atoms with Crippen LogP contribution in [0.15, 0.2) is 12.1 Å². The van der Waals surface area contributed by atoms with Crippen LogP contribution in [-0.4, -0.2) is 12.4 Å². The zero-order valence-electron chi connectivity index (χ0n) is 8.18. The summed E-state index contributed by atoms with van der Waals surface area (Å²) in [6.07, 6.45) is 0. The van der Waals surface area contributed by atoms with Gasteiger partial charge in [0.1, 0.15) is 0 Å². The SMILES string of the molecule is CC(=O)c1c(C)ccc(Cl)c1OC(F)F. The molecule has 0 heterocycles. The van der Waals surface area contributed by atoms with Crippen molar-refractivity contribution in [2.75, 3.05) is 0 Å². The van der Waals surface area contributed by atoms with E-state index >= 15 is 0 Å². The first-order chi connectivity index (χ1) is 6.93. The standard InChI is InChI=1S/C10H9ClF2O2/c1-5-3-4-7(11)9(15-10(12)13)8(5)6(2)14/h3-4,10H,1-2H3. The van der Waals surface area contributed by atoms with Crippen molar-refractivity contribution >= 4 is 17.4 Å². The van der Waals surface area contributed by atoms with Gasteiger partial charge in [-0.05, 0) is 25.5 Å². The molecular formula is C10H9ClF2O2. The van der Waals surface area contributed by atoms with Gasteiger partial charge in [0.2, 0.25) is 0 Å². The number of halogens is 3. The van der Waals surface area contributed by atoms with Gasteiger partial charge in [-0.3, -0.25) is 4.79 Å². The maximum atomic E-state index is 12.1. The summed E-state index contributed by atoms with van der Waals surface area (Å²) in [5.41, 5.74) is 0.658. The van der Waals surface area contributed by atoms with Crippen molar-refractivity contribution in [3.63, 3.8) is 0 Å². The monoisotopic (exact) mass is 234 g/mol. The van der Waals surface area contributed by atoms with Gasteiger partial charge < -0.3 is 4.74 Å². The third-order valence-electron chi connectivity index (χ3n) is 1.88. The molecule has 0 aliphatic rings. The molecule has 0 spiro atoms. The van der Waals surface area contributed by atoms with E-state index in [9.17, 15) is 13.6 Å². The molecule has 0 bridgehead atoms. The molecule has 0 unspecified atom stereocenters. The van der Waals surface area contributed by atoms with Gasteiger partial charge in [0.25, 0.3) is 0 Å². The fraction of sp³-hybridized carbons (Fsp3) is 0.300. The summed E-state index contributed by atoms with van der Waals surface area (Å²) in [6, 6.07) is 3.00. The van der Waals surface area contributed by atoms with Crippen LogP contribution >= 0.6 is 11.6 Å². The molecule has 2 nitrogen and oxygen atoms in total. The second-order valence-corrected chi connectivity index (χ2v) is 3.41. The Kier molecular flexibility index (Phi) is 3.63. The second kappa shape index (κ2) is 4.57. The predicted molar refractivity (Wildman–Crippen MR) is 52.8 cm³/mol. The van der Waals surface area contributed by atoms with Crippen molar-refractivity contribution in [2.45, 2.75) is 20.5 Å². The van der Waals surface area contributed by atoms with Crippen molar-refractivity contribution in [1.29, 1.82) is 0 Å². The van der Waals surface area contributed by atoms with Gasteiger partial charge >= 0.3 is 6.61 Å². The minimum Gasteiger partial charge on any atom is -0.432 e. The van der Waals surface area contributed by atoms with Gasteiger partial charge in [-0.25, -0.2) is 0 Å². The lowest BCUT2D eigenvalue weighted by Gasteiger charge is -2.12. The highest BCUT2D eigenvalue weighted by Crippen LogP contribution is 2.32. The first-order valence-electron chi connectivity index (χ1n) is 4.18. The number of Topliss-reactive ketones (excluding diaryl/α,β-unsaturated/α-hetero) is 1. The van der Waals surface area contributed by atoms with Crippen molar-refractivity contribution < 1.29 is 18.3 Å². The molecule has 0 aromatic heterocycles. The van der Waals surface area contributed by atoms with Gasteiger partial charge in [0.15, 0.2) is 11.5 Å². The minimum atomic E-state index is -3.00. The Hall–Kier alpha value is -1.16. The molecule has 0 fully saturated rings. The van der Waals surface area contributed by atoms with Gasteiger partial charge in [-0.1, -0.05) is 17.7 Å². The molecule has 0 N–H and O–H groups in total. The second-order valence-electron chi connectivity index (χ2n) is 3.00. The zero-order valence-corrected chi connectivity index (χ0v) is 8.94. The van der Waals surface area contributed by atoms with Gasteiger partial charge in [-0.15, -0.1) is 0 Å². The molecule has 82 valence electrons. The van der Waals surface area contributed by atoms with Gasteiger partial charge in [-0.2, -0.15) is 8.78 Å². The molecule has 15 heavy (non-hydrogen) atoms. The third kappa shape index (κ3) is 2.65. The third-order valence-corrected chi connectivity index (χ3v) is 2.17. The van der Waals surface area contributed by atoms with E-state index < -0.39 is 6.61 Å². The van der Waals surface area contributed by atoms with Crippen LogP contribution in [0, 0.1) is 6.92 Å². The first kappa shape index (κ1) is 11.9. The van der Waals surface area contributed by atoms with Crippen molar-refractivity contribution in [3.05, 3.63) is 28.3 Å². The molecule has 1 rings (SSSR count). The fourth-order valence-electron chi connectivity index (χ4n) is 1.30. The molecule has 0 saturated heterocycles. The summed E-state index contributed by atoms with van der Waals surface area (Å²) in [4.78, 5) is 11.2. The molecule has 0 atom stereocenters. The van der Waals surface area contributed by atoms with Crippen LogP contribution in [0.2, 0.25) is 5.02 Å². The first-order valence-corrected chi connectivity index (χ1v) is 4.56. The molecule has 5 heteroatoms. The van der Waals surface area contributed by atoms with E-state index in [1.54, 1.807) is 13.0 Å². The molecule has 1 aromatic rings. The number of carbonyl (C=O) groups is 1. The number of carbonyl (C=O) groups excluding carboxylic acids is 1. The quantitative estimate of drug-likeness (QED) is 0.749.